The molecular weight excluding hydrogens is 386 g/mol. The lowest BCUT2D eigenvalue weighted by molar-refractivity contribution is 0.0526. The third kappa shape index (κ3) is 4.07. The molecule has 0 aliphatic heterocycles. The average molecular weight is 402 g/mol. The van der Waals surface area contributed by atoms with E-state index in [0.29, 0.717) is 11.4 Å². The SMILES string of the molecule is CCOC(=O)c1nc(-c2ccc(NC(=O)c3c(F)cccc3F)cc2)c(C)s1. The fourth-order valence-electron chi connectivity index (χ4n) is 2.56. The zero-order valence-corrected chi connectivity index (χ0v) is 15.9. The number of carbonyl (C=O) groups is 2. The molecule has 1 aromatic heterocycles. The zero-order valence-electron chi connectivity index (χ0n) is 15.1. The second kappa shape index (κ2) is 8.26. The molecule has 0 unspecified atom stereocenters. The van der Waals surface area contributed by atoms with Crippen molar-refractivity contribution in [1.82, 2.24) is 4.98 Å². The molecule has 0 radical (unpaired) electrons. The van der Waals surface area contributed by atoms with E-state index < -0.39 is 29.1 Å². The van der Waals surface area contributed by atoms with Gasteiger partial charge >= 0.3 is 5.97 Å². The number of thiazole rings is 1. The van der Waals surface area contributed by atoms with E-state index in [4.69, 9.17) is 4.74 Å². The molecule has 144 valence electrons. The van der Waals surface area contributed by atoms with Gasteiger partial charge in [0.25, 0.3) is 5.91 Å². The molecule has 0 aliphatic carbocycles. The minimum absolute atomic E-state index is 0.266. The van der Waals surface area contributed by atoms with E-state index in [1.807, 2.05) is 6.92 Å². The van der Waals surface area contributed by atoms with Crippen LogP contribution < -0.4 is 5.32 Å². The molecule has 3 aromatic rings. The highest BCUT2D eigenvalue weighted by molar-refractivity contribution is 7.13. The molecule has 5 nitrogen and oxygen atoms in total. The molecule has 0 saturated carbocycles. The van der Waals surface area contributed by atoms with E-state index >= 15 is 0 Å². The first kappa shape index (κ1) is 19.6. The van der Waals surface area contributed by atoms with Crippen LogP contribution in [0.4, 0.5) is 14.5 Å². The Balaban J connectivity index is 1.79. The van der Waals surface area contributed by atoms with Gasteiger partial charge in [-0.2, -0.15) is 0 Å². The summed E-state index contributed by atoms with van der Waals surface area (Å²) >= 11 is 1.23. The Morgan fingerprint density at radius 3 is 2.36 bits per heavy atom. The molecule has 2 aromatic carbocycles. The standard InChI is InChI=1S/C20H16F2N2O3S/c1-3-27-20(26)19-24-17(11(2)28-19)12-7-9-13(10-8-12)23-18(25)16-14(21)5-4-6-15(16)22/h4-10H,3H2,1-2H3,(H,23,25). The Labute approximate surface area is 164 Å². The smallest absolute Gasteiger partial charge is 0.367 e. The van der Waals surface area contributed by atoms with Gasteiger partial charge in [-0.3, -0.25) is 4.79 Å². The van der Waals surface area contributed by atoms with Crippen molar-refractivity contribution < 1.29 is 23.1 Å². The summed E-state index contributed by atoms with van der Waals surface area (Å²) in [6.07, 6.45) is 0. The lowest BCUT2D eigenvalue weighted by Crippen LogP contribution is -2.15. The number of esters is 1. The fraction of sp³-hybridized carbons (Fsp3) is 0.150. The van der Waals surface area contributed by atoms with Crippen molar-refractivity contribution in [3.05, 3.63) is 69.5 Å². The molecule has 0 saturated heterocycles. The van der Waals surface area contributed by atoms with Gasteiger partial charge in [-0.05, 0) is 38.1 Å². The van der Waals surface area contributed by atoms with E-state index in [1.54, 1.807) is 31.2 Å². The van der Waals surface area contributed by atoms with Crippen LogP contribution in [-0.2, 0) is 4.74 Å². The summed E-state index contributed by atoms with van der Waals surface area (Å²) in [5.41, 5.74) is 1.10. The number of hydrogen-bond acceptors (Lipinski definition) is 5. The normalized spacial score (nSPS) is 10.6. The summed E-state index contributed by atoms with van der Waals surface area (Å²) in [6.45, 7) is 3.83. The maximum atomic E-state index is 13.7. The summed E-state index contributed by atoms with van der Waals surface area (Å²) in [7, 11) is 0. The number of rotatable bonds is 5. The number of amides is 1. The monoisotopic (exact) mass is 402 g/mol. The van der Waals surface area contributed by atoms with Crippen molar-refractivity contribution >= 4 is 28.9 Å². The molecule has 28 heavy (non-hydrogen) atoms. The summed E-state index contributed by atoms with van der Waals surface area (Å²) in [5.74, 6) is -3.21. The van der Waals surface area contributed by atoms with Crippen LogP contribution in [0.3, 0.4) is 0 Å². The van der Waals surface area contributed by atoms with Crippen molar-refractivity contribution in [3.63, 3.8) is 0 Å². The average Bonchev–Trinajstić information content (AvgIpc) is 3.04. The number of aryl methyl sites for hydroxylation is 1. The predicted octanol–water partition coefficient (Wildman–Crippen LogP) is 4.83. The number of aromatic nitrogens is 1. The number of anilines is 1. The molecule has 1 heterocycles. The Bertz CT molecular complexity index is 1010. The number of hydrogen-bond donors (Lipinski definition) is 1. The molecule has 0 spiro atoms. The summed E-state index contributed by atoms with van der Waals surface area (Å²) in [5, 5.41) is 2.73. The molecule has 0 bridgehead atoms. The highest BCUT2D eigenvalue weighted by Gasteiger charge is 2.18. The Morgan fingerprint density at radius 1 is 1.11 bits per heavy atom. The first-order valence-electron chi connectivity index (χ1n) is 8.41. The first-order valence-corrected chi connectivity index (χ1v) is 9.22. The lowest BCUT2D eigenvalue weighted by atomic mass is 10.1. The quantitative estimate of drug-likeness (QED) is 0.621. The van der Waals surface area contributed by atoms with Crippen LogP contribution in [0.2, 0.25) is 0 Å². The van der Waals surface area contributed by atoms with Crippen molar-refractivity contribution in [2.75, 3.05) is 11.9 Å². The van der Waals surface area contributed by atoms with Gasteiger partial charge in [0.15, 0.2) is 0 Å². The number of carbonyl (C=O) groups excluding carboxylic acids is 2. The highest BCUT2D eigenvalue weighted by atomic mass is 32.1. The topological polar surface area (TPSA) is 68.3 Å². The minimum Gasteiger partial charge on any atom is -0.461 e. The van der Waals surface area contributed by atoms with Crippen LogP contribution in [0.1, 0.15) is 32.0 Å². The number of ether oxygens (including phenoxy) is 1. The van der Waals surface area contributed by atoms with Crippen LogP contribution in [0, 0.1) is 18.6 Å². The van der Waals surface area contributed by atoms with Gasteiger partial charge in [-0.1, -0.05) is 18.2 Å². The van der Waals surface area contributed by atoms with Gasteiger partial charge in [-0.15, -0.1) is 11.3 Å². The van der Waals surface area contributed by atoms with Gasteiger partial charge in [0, 0.05) is 16.1 Å². The van der Waals surface area contributed by atoms with Crippen molar-refractivity contribution in [2.24, 2.45) is 0 Å². The fourth-order valence-corrected chi connectivity index (χ4v) is 3.39. The number of nitrogens with one attached hydrogen (secondary N) is 1. The third-order valence-electron chi connectivity index (χ3n) is 3.85. The lowest BCUT2D eigenvalue weighted by Gasteiger charge is -2.08. The Morgan fingerprint density at radius 2 is 1.75 bits per heavy atom. The van der Waals surface area contributed by atoms with E-state index in [-0.39, 0.29) is 11.6 Å². The molecule has 0 aliphatic rings. The molecular formula is C20H16F2N2O3S. The number of benzene rings is 2. The predicted molar refractivity (Wildman–Crippen MR) is 103 cm³/mol. The van der Waals surface area contributed by atoms with E-state index in [9.17, 15) is 18.4 Å². The van der Waals surface area contributed by atoms with Crippen molar-refractivity contribution in [1.29, 1.82) is 0 Å². The Kier molecular flexibility index (Phi) is 5.79. The van der Waals surface area contributed by atoms with Crippen molar-refractivity contribution in [3.8, 4) is 11.3 Å². The highest BCUT2D eigenvalue weighted by Crippen LogP contribution is 2.29. The molecule has 1 amide bonds. The van der Waals surface area contributed by atoms with E-state index in [1.165, 1.54) is 17.4 Å². The van der Waals surface area contributed by atoms with Crippen LogP contribution in [0.5, 0.6) is 0 Å². The molecule has 8 heteroatoms. The van der Waals surface area contributed by atoms with Crippen molar-refractivity contribution in [2.45, 2.75) is 13.8 Å². The van der Waals surface area contributed by atoms with E-state index in [2.05, 4.69) is 10.3 Å². The zero-order chi connectivity index (χ0) is 20.3. The van der Waals surface area contributed by atoms with Gasteiger partial charge < -0.3 is 10.1 Å². The first-order chi connectivity index (χ1) is 13.4. The molecule has 0 atom stereocenters. The molecule has 0 fully saturated rings. The molecule has 3 rings (SSSR count). The third-order valence-corrected chi connectivity index (χ3v) is 4.80. The van der Waals surface area contributed by atoms with Gasteiger partial charge in [0.05, 0.1) is 12.3 Å². The van der Waals surface area contributed by atoms with Crippen LogP contribution in [-0.4, -0.2) is 23.5 Å². The summed E-state index contributed by atoms with van der Waals surface area (Å²) in [4.78, 5) is 29.1. The van der Waals surface area contributed by atoms with Crippen LogP contribution in [0.25, 0.3) is 11.3 Å². The summed E-state index contributed by atoms with van der Waals surface area (Å²) in [6, 6.07) is 9.82. The molecule has 1 N–H and O–H groups in total. The second-order valence-corrected chi connectivity index (χ2v) is 6.98. The van der Waals surface area contributed by atoms with Gasteiger partial charge in [0.1, 0.15) is 17.2 Å². The maximum absolute atomic E-state index is 13.7. The Hall–Kier alpha value is -3.13. The minimum atomic E-state index is -0.932. The summed E-state index contributed by atoms with van der Waals surface area (Å²) < 4.78 is 32.4. The van der Waals surface area contributed by atoms with Gasteiger partial charge in [0.2, 0.25) is 5.01 Å². The van der Waals surface area contributed by atoms with Crippen LogP contribution in [0.15, 0.2) is 42.5 Å². The van der Waals surface area contributed by atoms with E-state index in [0.717, 1.165) is 22.6 Å². The van der Waals surface area contributed by atoms with Crippen LogP contribution >= 0.6 is 11.3 Å². The number of halogens is 2. The van der Waals surface area contributed by atoms with Gasteiger partial charge in [-0.25, -0.2) is 18.6 Å². The largest absolute Gasteiger partial charge is 0.461 e. The second-order valence-electron chi connectivity index (χ2n) is 5.77. The number of nitrogens with zero attached hydrogens (tertiary/aromatic N) is 1. The maximum Gasteiger partial charge on any atom is 0.367 e.